The quantitative estimate of drug-likeness (QED) is 0.805. The number of hydrogen-bond acceptors (Lipinski definition) is 3. The van der Waals surface area contributed by atoms with Gasteiger partial charge in [-0.2, -0.15) is 0 Å². The highest BCUT2D eigenvalue weighted by atomic mass is 19.1. The van der Waals surface area contributed by atoms with E-state index in [4.69, 9.17) is 0 Å². The van der Waals surface area contributed by atoms with Gasteiger partial charge in [0.25, 0.3) is 0 Å². The normalized spacial score (nSPS) is 14.3. The van der Waals surface area contributed by atoms with Crippen LogP contribution in [0.15, 0.2) is 41.8 Å². The Balaban J connectivity index is 2.08. The number of carboxylic acid groups (broad SMARTS) is 1. The maximum atomic E-state index is 14.4. The lowest BCUT2D eigenvalue weighted by atomic mass is 10.1. The van der Waals surface area contributed by atoms with E-state index >= 15 is 0 Å². The molecule has 4 rings (SSSR count). The molecule has 0 radical (unpaired) electrons. The van der Waals surface area contributed by atoms with E-state index in [1.807, 2.05) is 0 Å². The summed E-state index contributed by atoms with van der Waals surface area (Å²) in [4.78, 5) is 27.5. The summed E-state index contributed by atoms with van der Waals surface area (Å²) in [6, 6.07) is 2.83. The average molecular weight is 313 g/mol. The van der Waals surface area contributed by atoms with Crippen molar-refractivity contribution in [1.82, 2.24) is 14.1 Å². The minimum Gasteiger partial charge on any atom is -0.477 e. The first-order valence-corrected chi connectivity index (χ1v) is 7.16. The Morgan fingerprint density at radius 2 is 2.13 bits per heavy atom. The second-order valence-corrected chi connectivity index (χ2v) is 5.61. The molecule has 2 aromatic heterocycles. The number of imidazole rings is 1. The summed E-state index contributed by atoms with van der Waals surface area (Å²) < 4.78 is 17.7. The molecule has 0 unspecified atom stereocenters. The van der Waals surface area contributed by atoms with E-state index in [9.17, 15) is 19.1 Å². The summed E-state index contributed by atoms with van der Waals surface area (Å²) in [6.07, 6.45) is 7.79. The molecular weight excluding hydrogens is 301 g/mol. The number of rotatable bonds is 3. The van der Waals surface area contributed by atoms with Gasteiger partial charge in [-0.25, -0.2) is 14.2 Å². The minimum atomic E-state index is -1.30. The van der Waals surface area contributed by atoms with E-state index in [1.165, 1.54) is 23.3 Å². The first kappa shape index (κ1) is 13.7. The number of halogens is 1. The molecule has 0 amide bonds. The Labute approximate surface area is 129 Å². The van der Waals surface area contributed by atoms with Crippen molar-refractivity contribution < 1.29 is 14.3 Å². The zero-order chi connectivity index (χ0) is 16.1. The van der Waals surface area contributed by atoms with Crippen LogP contribution in [0.2, 0.25) is 0 Å². The Kier molecular flexibility index (Phi) is 2.84. The van der Waals surface area contributed by atoms with Crippen molar-refractivity contribution in [3.63, 3.8) is 0 Å². The standard InChI is InChI=1S/C16H12FN3O3/c17-12-5-10-13(6-14(12)19-4-3-18-8-19)20(9-1-2-9)7-11(15(10)21)16(22)23/h3-9H,1-2H2,(H,22,23). The van der Waals surface area contributed by atoms with Gasteiger partial charge in [0, 0.05) is 30.0 Å². The van der Waals surface area contributed by atoms with Crippen molar-refractivity contribution in [2.75, 3.05) is 0 Å². The molecule has 0 saturated heterocycles. The van der Waals surface area contributed by atoms with Crippen molar-refractivity contribution >= 4 is 16.9 Å². The molecule has 0 atom stereocenters. The third kappa shape index (κ3) is 2.12. The molecule has 116 valence electrons. The lowest BCUT2D eigenvalue weighted by Crippen LogP contribution is -2.19. The first-order chi connectivity index (χ1) is 11.1. The topological polar surface area (TPSA) is 77.1 Å². The third-order valence-electron chi connectivity index (χ3n) is 4.05. The van der Waals surface area contributed by atoms with Gasteiger partial charge in [-0.15, -0.1) is 0 Å². The minimum absolute atomic E-state index is 0.0816. The molecule has 1 fully saturated rings. The first-order valence-electron chi connectivity index (χ1n) is 7.16. The number of hydrogen-bond donors (Lipinski definition) is 1. The van der Waals surface area contributed by atoms with Gasteiger partial charge in [0.05, 0.1) is 17.5 Å². The van der Waals surface area contributed by atoms with Crippen LogP contribution < -0.4 is 5.43 Å². The number of aromatic carboxylic acids is 1. The molecule has 3 aromatic rings. The van der Waals surface area contributed by atoms with Crippen LogP contribution in [-0.4, -0.2) is 25.2 Å². The van der Waals surface area contributed by atoms with Crippen LogP contribution in [0, 0.1) is 5.82 Å². The fourth-order valence-electron chi connectivity index (χ4n) is 2.77. The van der Waals surface area contributed by atoms with Crippen molar-refractivity contribution in [3.05, 3.63) is 58.7 Å². The SMILES string of the molecule is O=C(O)c1cn(C2CC2)c2cc(-n3ccnc3)c(F)cc2c1=O. The summed E-state index contributed by atoms with van der Waals surface area (Å²) in [5, 5.41) is 9.29. The highest BCUT2D eigenvalue weighted by Gasteiger charge is 2.27. The average Bonchev–Trinajstić information content (AvgIpc) is 3.21. The van der Waals surface area contributed by atoms with Gasteiger partial charge in [-0.3, -0.25) is 4.79 Å². The Morgan fingerprint density at radius 3 is 2.74 bits per heavy atom. The number of nitrogens with zero attached hydrogens (tertiary/aromatic N) is 3. The van der Waals surface area contributed by atoms with Gasteiger partial charge >= 0.3 is 5.97 Å². The maximum Gasteiger partial charge on any atom is 0.341 e. The van der Waals surface area contributed by atoms with Crippen LogP contribution >= 0.6 is 0 Å². The van der Waals surface area contributed by atoms with Crippen LogP contribution in [0.1, 0.15) is 29.2 Å². The molecular formula is C16H12FN3O3. The van der Waals surface area contributed by atoms with E-state index < -0.39 is 17.2 Å². The molecule has 6 nitrogen and oxygen atoms in total. The molecule has 2 heterocycles. The van der Waals surface area contributed by atoms with Crippen molar-refractivity contribution in [3.8, 4) is 5.69 Å². The summed E-state index contributed by atoms with van der Waals surface area (Å²) in [7, 11) is 0. The second kappa shape index (κ2) is 4.77. The van der Waals surface area contributed by atoms with Crippen LogP contribution in [0.3, 0.4) is 0 Å². The van der Waals surface area contributed by atoms with Gasteiger partial charge in [-0.1, -0.05) is 0 Å². The highest BCUT2D eigenvalue weighted by Crippen LogP contribution is 2.37. The molecule has 0 aliphatic heterocycles. The number of pyridine rings is 1. The zero-order valence-corrected chi connectivity index (χ0v) is 11.9. The van der Waals surface area contributed by atoms with E-state index in [-0.39, 0.29) is 22.7 Å². The largest absolute Gasteiger partial charge is 0.477 e. The molecule has 1 N–H and O–H groups in total. The van der Waals surface area contributed by atoms with Crippen LogP contribution in [0.4, 0.5) is 4.39 Å². The lowest BCUT2D eigenvalue weighted by Gasteiger charge is -2.13. The second-order valence-electron chi connectivity index (χ2n) is 5.61. The van der Waals surface area contributed by atoms with Crippen molar-refractivity contribution in [2.24, 2.45) is 0 Å². The molecule has 1 aliphatic rings. The third-order valence-corrected chi connectivity index (χ3v) is 4.05. The number of carboxylic acids is 1. The Morgan fingerprint density at radius 1 is 1.35 bits per heavy atom. The van der Waals surface area contributed by atoms with Gasteiger partial charge in [0.15, 0.2) is 0 Å². The van der Waals surface area contributed by atoms with Crippen molar-refractivity contribution in [2.45, 2.75) is 18.9 Å². The predicted molar refractivity (Wildman–Crippen MR) is 80.5 cm³/mol. The van der Waals surface area contributed by atoms with Gasteiger partial charge < -0.3 is 14.2 Å². The summed E-state index contributed by atoms with van der Waals surface area (Å²) >= 11 is 0. The smallest absolute Gasteiger partial charge is 0.341 e. The van der Waals surface area contributed by atoms with E-state index in [0.717, 1.165) is 18.9 Å². The molecule has 1 aromatic carbocycles. The van der Waals surface area contributed by atoms with Gasteiger partial charge in [0.2, 0.25) is 5.43 Å². The van der Waals surface area contributed by atoms with Crippen molar-refractivity contribution in [1.29, 1.82) is 0 Å². The number of fused-ring (bicyclic) bond motifs is 1. The molecule has 7 heteroatoms. The lowest BCUT2D eigenvalue weighted by molar-refractivity contribution is 0.0695. The summed E-state index contributed by atoms with van der Waals surface area (Å²) in [5.41, 5.74) is -0.195. The molecule has 1 saturated carbocycles. The van der Waals surface area contributed by atoms with Gasteiger partial charge in [0.1, 0.15) is 11.4 Å². The zero-order valence-electron chi connectivity index (χ0n) is 11.9. The number of carbonyl (C=O) groups is 1. The Bertz CT molecular complexity index is 988. The molecule has 1 aliphatic carbocycles. The van der Waals surface area contributed by atoms with E-state index in [1.54, 1.807) is 16.8 Å². The number of aromatic nitrogens is 3. The van der Waals surface area contributed by atoms with Crippen LogP contribution in [0.25, 0.3) is 16.6 Å². The van der Waals surface area contributed by atoms with E-state index in [2.05, 4.69) is 4.98 Å². The molecule has 23 heavy (non-hydrogen) atoms. The summed E-state index contributed by atoms with van der Waals surface area (Å²) in [6.45, 7) is 0. The summed E-state index contributed by atoms with van der Waals surface area (Å²) in [5.74, 6) is -1.90. The fourth-order valence-corrected chi connectivity index (χ4v) is 2.77. The number of benzene rings is 1. The molecule has 0 spiro atoms. The van der Waals surface area contributed by atoms with Crippen LogP contribution in [0.5, 0.6) is 0 Å². The fraction of sp³-hybridized carbons (Fsp3) is 0.188. The molecule has 0 bridgehead atoms. The van der Waals surface area contributed by atoms with Crippen LogP contribution in [-0.2, 0) is 0 Å². The highest BCUT2D eigenvalue weighted by molar-refractivity contribution is 5.93. The predicted octanol–water partition coefficient (Wildman–Crippen LogP) is 2.36. The Hall–Kier alpha value is -2.96. The van der Waals surface area contributed by atoms with E-state index in [0.29, 0.717) is 5.52 Å². The monoisotopic (exact) mass is 313 g/mol. The maximum absolute atomic E-state index is 14.4. The van der Waals surface area contributed by atoms with Gasteiger partial charge in [-0.05, 0) is 25.0 Å².